The van der Waals surface area contributed by atoms with E-state index in [2.05, 4.69) is 12.2 Å². The summed E-state index contributed by atoms with van der Waals surface area (Å²) in [5.41, 5.74) is 4.92. The first kappa shape index (κ1) is 17.9. The van der Waals surface area contributed by atoms with Crippen molar-refractivity contribution in [3.63, 3.8) is 0 Å². The van der Waals surface area contributed by atoms with Crippen molar-refractivity contribution in [2.24, 2.45) is 5.73 Å². The third-order valence-corrected chi connectivity index (χ3v) is 3.19. The summed E-state index contributed by atoms with van der Waals surface area (Å²) in [5.74, 6) is -0.830. The second kappa shape index (κ2) is 13.4. The molecule has 0 spiro atoms. The highest BCUT2D eigenvalue weighted by Gasteiger charge is 2.03. The number of rotatable bonds is 13. The highest BCUT2D eigenvalue weighted by Crippen LogP contribution is 2.10. The van der Waals surface area contributed by atoms with Crippen molar-refractivity contribution < 1.29 is 9.59 Å². The summed E-state index contributed by atoms with van der Waals surface area (Å²) < 4.78 is 0. The monoisotopic (exact) mass is 270 g/mol. The van der Waals surface area contributed by atoms with Crippen LogP contribution >= 0.6 is 0 Å². The largest absolute Gasteiger partial charge is 0.369 e. The van der Waals surface area contributed by atoms with Gasteiger partial charge in [0.25, 0.3) is 0 Å². The molecule has 4 nitrogen and oxygen atoms in total. The van der Waals surface area contributed by atoms with Crippen LogP contribution in [0.5, 0.6) is 0 Å². The molecule has 0 saturated heterocycles. The number of unbranched alkanes of at least 4 members (excludes halogenated alkanes) is 9. The smallest absolute Gasteiger partial charge is 0.229 e. The van der Waals surface area contributed by atoms with Gasteiger partial charge in [-0.2, -0.15) is 0 Å². The van der Waals surface area contributed by atoms with Crippen LogP contribution < -0.4 is 11.1 Å². The second-order valence-corrected chi connectivity index (χ2v) is 5.18. The summed E-state index contributed by atoms with van der Waals surface area (Å²) in [7, 11) is 0. The van der Waals surface area contributed by atoms with Crippen molar-refractivity contribution in [2.45, 2.75) is 77.6 Å². The van der Waals surface area contributed by atoms with Gasteiger partial charge in [0.05, 0.1) is 0 Å². The third-order valence-electron chi connectivity index (χ3n) is 3.19. The number of nitrogens with one attached hydrogen (secondary N) is 1. The van der Waals surface area contributed by atoms with Gasteiger partial charge in [0, 0.05) is 6.54 Å². The molecule has 112 valence electrons. The number of amides is 2. The summed E-state index contributed by atoms with van der Waals surface area (Å²) in [5, 5.41) is 2.70. The molecule has 2 amide bonds. The number of carbonyl (C=O) groups is 2. The van der Waals surface area contributed by atoms with Gasteiger partial charge in [0.15, 0.2) is 0 Å². The summed E-state index contributed by atoms with van der Waals surface area (Å²) in [4.78, 5) is 21.6. The van der Waals surface area contributed by atoms with Crippen LogP contribution in [0, 0.1) is 0 Å². The Labute approximate surface area is 117 Å². The Morgan fingerprint density at radius 3 is 1.79 bits per heavy atom. The molecule has 0 atom stereocenters. The van der Waals surface area contributed by atoms with Crippen LogP contribution in [-0.4, -0.2) is 18.4 Å². The summed E-state index contributed by atoms with van der Waals surface area (Å²) in [6, 6.07) is 0. The van der Waals surface area contributed by atoms with Crippen LogP contribution in [0.2, 0.25) is 0 Å². The zero-order chi connectivity index (χ0) is 14.3. The lowest BCUT2D eigenvalue weighted by Gasteiger charge is -2.04. The summed E-state index contributed by atoms with van der Waals surface area (Å²) >= 11 is 0. The highest BCUT2D eigenvalue weighted by molar-refractivity contribution is 5.95. The average Bonchev–Trinajstić information content (AvgIpc) is 2.35. The molecular formula is C15H30N2O2. The minimum atomic E-state index is -0.569. The van der Waals surface area contributed by atoms with Crippen molar-refractivity contribution in [1.82, 2.24) is 5.32 Å². The maximum Gasteiger partial charge on any atom is 0.229 e. The van der Waals surface area contributed by atoms with E-state index < -0.39 is 5.91 Å². The summed E-state index contributed by atoms with van der Waals surface area (Å²) in [6.45, 7) is 2.89. The SMILES string of the molecule is CCCCCCCCCCCCNC(=O)CC(N)=O. The van der Waals surface area contributed by atoms with Gasteiger partial charge >= 0.3 is 0 Å². The molecule has 0 aromatic heterocycles. The minimum absolute atomic E-state index is 0.197. The standard InChI is InChI=1S/C15H30N2O2/c1-2-3-4-5-6-7-8-9-10-11-12-17-15(19)13-14(16)18/h2-13H2,1H3,(H2,16,18)(H,17,19). The van der Waals surface area contributed by atoms with Crippen LogP contribution in [-0.2, 0) is 9.59 Å². The lowest BCUT2D eigenvalue weighted by Crippen LogP contribution is -2.29. The fraction of sp³-hybridized carbons (Fsp3) is 0.867. The first-order valence-electron chi connectivity index (χ1n) is 7.71. The van der Waals surface area contributed by atoms with Gasteiger partial charge in [0.2, 0.25) is 11.8 Å². The van der Waals surface area contributed by atoms with Crippen molar-refractivity contribution >= 4 is 11.8 Å². The molecule has 0 heterocycles. The zero-order valence-corrected chi connectivity index (χ0v) is 12.4. The van der Waals surface area contributed by atoms with Crippen molar-refractivity contribution in [1.29, 1.82) is 0 Å². The Morgan fingerprint density at radius 1 is 0.842 bits per heavy atom. The Morgan fingerprint density at radius 2 is 1.32 bits per heavy atom. The maximum atomic E-state index is 11.1. The van der Waals surface area contributed by atoms with Gasteiger partial charge in [-0.15, -0.1) is 0 Å². The second-order valence-electron chi connectivity index (χ2n) is 5.18. The predicted octanol–water partition coefficient (Wildman–Crippen LogP) is 2.90. The molecule has 0 aliphatic rings. The Bertz CT molecular complexity index is 242. The van der Waals surface area contributed by atoms with Crippen LogP contribution in [0.1, 0.15) is 77.6 Å². The quantitative estimate of drug-likeness (QED) is 0.399. The van der Waals surface area contributed by atoms with E-state index in [-0.39, 0.29) is 12.3 Å². The van der Waals surface area contributed by atoms with Crippen LogP contribution in [0.4, 0.5) is 0 Å². The van der Waals surface area contributed by atoms with E-state index in [0.717, 1.165) is 12.8 Å². The van der Waals surface area contributed by atoms with E-state index in [0.29, 0.717) is 6.54 Å². The molecule has 0 unspecified atom stereocenters. The summed E-state index contributed by atoms with van der Waals surface area (Å²) in [6.07, 6.45) is 12.6. The Balaban J connectivity index is 3.10. The van der Waals surface area contributed by atoms with Crippen LogP contribution in [0.15, 0.2) is 0 Å². The first-order chi connectivity index (χ1) is 9.16. The lowest BCUT2D eigenvalue weighted by atomic mass is 10.1. The number of carbonyl (C=O) groups excluding carboxylic acids is 2. The van der Waals surface area contributed by atoms with Gasteiger partial charge < -0.3 is 11.1 Å². The van der Waals surface area contributed by atoms with Gasteiger partial charge in [0.1, 0.15) is 6.42 Å². The number of hydrogen-bond donors (Lipinski definition) is 2. The zero-order valence-electron chi connectivity index (χ0n) is 12.4. The predicted molar refractivity (Wildman–Crippen MR) is 78.7 cm³/mol. The molecule has 0 aromatic rings. The van der Waals surface area contributed by atoms with Crippen LogP contribution in [0.25, 0.3) is 0 Å². The van der Waals surface area contributed by atoms with E-state index in [1.54, 1.807) is 0 Å². The number of nitrogens with two attached hydrogens (primary N) is 1. The van der Waals surface area contributed by atoms with Gasteiger partial charge in [-0.25, -0.2) is 0 Å². The molecular weight excluding hydrogens is 240 g/mol. The Hall–Kier alpha value is -1.06. The minimum Gasteiger partial charge on any atom is -0.369 e. The molecule has 19 heavy (non-hydrogen) atoms. The molecule has 0 radical (unpaired) electrons. The van der Waals surface area contributed by atoms with Crippen molar-refractivity contribution in [2.75, 3.05) is 6.54 Å². The van der Waals surface area contributed by atoms with Crippen molar-refractivity contribution in [3.05, 3.63) is 0 Å². The molecule has 0 saturated carbocycles. The molecule has 0 rings (SSSR count). The van der Waals surface area contributed by atoms with Crippen molar-refractivity contribution in [3.8, 4) is 0 Å². The van der Waals surface area contributed by atoms with Crippen LogP contribution in [0.3, 0.4) is 0 Å². The average molecular weight is 270 g/mol. The van der Waals surface area contributed by atoms with E-state index in [1.165, 1.54) is 51.4 Å². The molecule has 3 N–H and O–H groups in total. The van der Waals surface area contributed by atoms with E-state index >= 15 is 0 Å². The Kier molecular flexibility index (Phi) is 12.6. The van der Waals surface area contributed by atoms with E-state index in [9.17, 15) is 9.59 Å². The molecule has 0 bridgehead atoms. The van der Waals surface area contributed by atoms with E-state index in [4.69, 9.17) is 5.73 Å². The third kappa shape index (κ3) is 14.9. The fourth-order valence-corrected chi connectivity index (χ4v) is 2.06. The number of hydrogen-bond acceptors (Lipinski definition) is 2. The van der Waals surface area contributed by atoms with E-state index in [1.807, 2.05) is 0 Å². The van der Waals surface area contributed by atoms with Gasteiger partial charge in [-0.3, -0.25) is 9.59 Å². The number of primary amides is 1. The highest BCUT2D eigenvalue weighted by atomic mass is 16.2. The molecule has 0 aliphatic carbocycles. The maximum absolute atomic E-state index is 11.1. The van der Waals surface area contributed by atoms with Gasteiger partial charge in [-0.1, -0.05) is 64.7 Å². The molecule has 0 fully saturated rings. The molecule has 0 aliphatic heterocycles. The topological polar surface area (TPSA) is 72.2 Å². The lowest BCUT2D eigenvalue weighted by molar-refractivity contribution is -0.127. The normalized spacial score (nSPS) is 10.4. The molecule has 4 heteroatoms. The first-order valence-corrected chi connectivity index (χ1v) is 7.71. The van der Waals surface area contributed by atoms with Gasteiger partial charge in [-0.05, 0) is 6.42 Å². The fourth-order valence-electron chi connectivity index (χ4n) is 2.06. The molecule has 0 aromatic carbocycles.